The van der Waals surface area contributed by atoms with E-state index < -0.39 is 5.97 Å². The fraction of sp³-hybridized carbons (Fsp3) is 0.118. The molecule has 0 bridgehead atoms. The Hall–Kier alpha value is -3.13. The number of carbonyl (C=O) groups is 2. The summed E-state index contributed by atoms with van der Waals surface area (Å²) in [5.41, 5.74) is 1.45. The van der Waals surface area contributed by atoms with Crippen LogP contribution in [0.4, 0.5) is 5.69 Å². The van der Waals surface area contributed by atoms with Gasteiger partial charge in [0, 0.05) is 11.3 Å². The van der Waals surface area contributed by atoms with Crippen molar-refractivity contribution in [2.75, 3.05) is 19.2 Å². The van der Waals surface area contributed by atoms with Gasteiger partial charge >= 0.3 is 5.97 Å². The Kier molecular flexibility index (Phi) is 4.80. The van der Waals surface area contributed by atoms with Gasteiger partial charge in [0.1, 0.15) is 0 Å². The van der Waals surface area contributed by atoms with E-state index in [1.807, 2.05) is 0 Å². The summed E-state index contributed by atoms with van der Waals surface area (Å²) in [7, 11) is 1.31. The van der Waals surface area contributed by atoms with Gasteiger partial charge in [0.25, 0.3) is 5.91 Å². The standard InChI is InChI=1S/C17H14N2O5S/c1-22-16(21)10-2-5-12(6-3-10)18-17(25)19-15(20)11-4-7-13-14(8-11)24-9-23-13/h2-8H,9H2,1H3,(H2,18,19,20,25). The lowest BCUT2D eigenvalue weighted by Gasteiger charge is -2.10. The summed E-state index contributed by atoms with van der Waals surface area (Å²) in [5, 5.41) is 5.58. The molecule has 128 valence electrons. The lowest BCUT2D eigenvalue weighted by atomic mass is 10.2. The van der Waals surface area contributed by atoms with Gasteiger partial charge in [-0.3, -0.25) is 10.1 Å². The van der Waals surface area contributed by atoms with E-state index >= 15 is 0 Å². The lowest BCUT2D eigenvalue weighted by Crippen LogP contribution is -2.34. The van der Waals surface area contributed by atoms with Crippen LogP contribution in [0.3, 0.4) is 0 Å². The Morgan fingerprint density at radius 3 is 2.44 bits per heavy atom. The number of nitrogens with one attached hydrogen (secondary N) is 2. The van der Waals surface area contributed by atoms with Crippen LogP contribution in [0.25, 0.3) is 0 Å². The van der Waals surface area contributed by atoms with Crippen molar-refractivity contribution < 1.29 is 23.8 Å². The van der Waals surface area contributed by atoms with Crippen molar-refractivity contribution in [3.05, 3.63) is 53.6 Å². The number of carbonyl (C=O) groups excluding carboxylic acids is 2. The molecule has 8 heteroatoms. The first kappa shape index (κ1) is 16.7. The van der Waals surface area contributed by atoms with Crippen LogP contribution in [0.1, 0.15) is 20.7 Å². The molecule has 1 aliphatic rings. The molecule has 1 heterocycles. The van der Waals surface area contributed by atoms with Crippen molar-refractivity contribution in [1.82, 2.24) is 5.32 Å². The van der Waals surface area contributed by atoms with Gasteiger partial charge < -0.3 is 19.5 Å². The topological polar surface area (TPSA) is 85.9 Å². The van der Waals surface area contributed by atoms with E-state index in [4.69, 9.17) is 21.7 Å². The number of thiocarbonyl (C=S) groups is 1. The minimum absolute atomic E-state index is 0.133. The third-order valence-electron chi connectivity index (χ3n) is 3.43. The van der Waals surface area contributed by atoms with E-state index in [0.717, 1.165) is 0 Å². The van der Waals surface area contributed by atoms with Crippen molar-refractivity contribution in [3.8, 4) is 11.5 Å². The normalized spacial score (nSPS) is 11.6. The lowest BCUT2D eigenvalue weighted by molar-refractivity contribution is 0.0600. The summed E-state index contributed by atoms with van der Waals surface area (Å²) in [6.45, 7) is 0.141. The first-order valence-corrected chi connectivity index (χ1v) is 7.68. The Balaban J connectivity index is 1.60. The Labute approximate surface area is 148 Å². The van der Waals surface area contributed by atoms with Crippen LogP contribution < -0.4 is 20.1 Å². The molecule has 0 aliphatic carbocycles. The molecule has 0 atom stereocenters. The highest BCUT2D eigenvalue weighted by molar-refractivity contribution is 7.80. The molecule has 0 radical (unpaired) electrons. The van der Waals surface area contributed by atoms with Gasteiger partial charge in [-0.25, -0.2) is 4.79 Å². The fourth-order valence-electron chi connectivity index (χ4n) is 2.18. The van der Waals surface area contributed by atoms with Crippen LogP contribution in [0.15, 0.2) is 42.5 Å². The number of methoxy groups -OCH3 is 1. The van der Waals surface area contributed by atoms with Crippen LogP contribution in [0, 0.1) is 0 Å². The summed E-state index contributed by atoms with van der Waals surface area (Å²) in [5.74, 6) is 0.320. The minimum Gasteiger partial charge on any atom is -0.465 e. The molecule has 0 saturated heterocycles. The van der Waals surface area contributed by atoms with Crippen molar-refractivity contribution in [2.24, 2.45) is 0 Å². The Bertz CT molecular complexity index is 835. The quantitative estimate of drug-likeness (QED) is 0.643. The maximum atomic E-state index is 12.2. The second kappa shape index (κ2) is 7.18. The molecule has 0 unspecified atom stereocenters. The summed E-state index contributed by atoms with van der Waals surface area (Å²) >= 11 is 5.13. The molecule has 0 saturated carbocycles. The predicted octanol–water partition coefficient (Wildman–Crippen LogP) is 2.33. The van der Waals surface area contributed by atoms with Gasteiger partial charge in [-0.05, 0) is 54.7 Å². The van der Waals surface area contributed by atoms with E-state index in [9.17, 15) is 9.59 Å². The van der Waals surface area contributed by atoms with Crippen molar-refractivity contribution in [3.63, 3.8) is 0 Å². The molecular formula is C17H14N2O5S. The number of rotatable bonds is 3. The van der Waals surface area contributed by atoms with E-state index in [-0.39, 0.29) is 17.8 Å². The third-order valence-corrected chi connectivity index (χ3v) is 3.63. The smallest absolute Gasteiger partial charge is 0.337 e. The molecule has 0 spiro atoms. The molecular weight excluding hydrogens is 344 g/mol. The van der Waals surface area contributed by atoms with Gasteiger partial charge in [0.15, 0.2) is 16.6 Å². The first-order valence-electron chi connectivity index (χ1n) is 7.27. The van der Waals surface area contributed by atoms with Crippen LogP contribution in [-0.4, -0.2) is 30.9 Å². The minimum atomic E-state index is -0.426. The molecule has 2 aromatic carbocycles. The highest BCUT2D eigenvalue weighted by Crippen LogP contribution is 2.32. The molecule has 3 rings (SSSR count). The fourth-order valence-corrected chi connectivity index (χ4v) is 2.39. The number of fused-ring (bicyclic) bond motifs is 1. The maximum absolute atomic E-state index is 12.2. The summed E-state index contributed by atoms with van der Waals surface area (Å²) in [4.78, 5) is 23.6. The average molecular weight is 358 g/mol. The van der Waals surface area contributed by atoms with E-state index in [2.05, 4.69) is 15.4 Å². The number of esters is 1. The van der Waals surface area contributed by atoms with Crippen LogP contribution in [0.2, 0.25) is 0 Å². The zero-order valence-electron chi connectivity index (χ0n) is 13.2. The Morgan fingerprint density at radius 1 is 1.04 bits per heavy atom. The van der Waals surface area contributed by atoms with Crippen molar-refractivity contribution in [1.29, 1.82) is 0 Å². The molecule has 0 aromatic heterocycles. The second-order valence-electron chi connectivity index (χ2n) is 5.05. The highest BCUT2D eigenvalue weighted by atomic mass is 32.1. The second-order valence-corrected chi connectivity index (χ2v) is 5.45. The molecule has 0 fully saturated rings. The number of anilines is 1. The molecule has 2 N–H and O–H groups in total. The number of ether oxygens (including phenoxy) is 3. The zero-order valence-corrected chi connectivity index (χ0v) is 14.0. The van der Waals surface area contributed by atoms with Gasteiger partial charge in [0.2, 0.25) is 6.79 Å². The predicted molar refractivity (Wildman–Crippen MR) is 94.0 cm³/mol. The van der Waals surface area contributed by atoms with Crippen molar-refractivity contribution in [2.45, 2.75) is 0 Å². The van der Waals surface area contributed by atoms with E-state index in [1.54, 1.807) is 42.5 Å². The number of hydrogen-bond acceptors (Lipinski definition) is 6. The first-order chi connectivity index (χ1) is 12.1. The number of benzene rings is 2. The van der Waals surface area contributed by atoms with E-state index in [1.165, 1.54) is 7.11 Å². The van der Waals surface area contributed by atoms with Gasteiger partial charge in [-0.2, -0.15) is 0 Å². The van der Waals surface area contributed by atoms with Crippen LogP contribution in [0.5, 0.6) is 11.5 Å². The third kappa shape index (κ3) is 3.86. The average Bonchev–Trinajstić information content (AvgIpc) is 3.09. The molecule has 1 aliphatic heterocycles. The monoisotopic (exact) mass is 358 g/mol. The van der Waals surface area contributed by atoms with Gasteiger partial charge in [-0.15, -0.1) is 0 Å². The summed E-state index contributed by atoms with van der Waals surface area (Å²) in [6, 6.07) is 11.4. The number of amides is 1. The van der Waals surface area contributed by atoms with E-state index in [0.29, 0.717) is 28.3 Å². The molecule has 25 heavy (non-hydrogen) atoms. The molecule has 7 nitrogen and oxygen atoms in total. The number of hydrogen-bond donors (Lipinski definition) is 2. The summed E-state index contributed by atoms with van der Waals surface area (Å²) in [6.07, 6.45) is 0. The SMILES string of the molecule is COC(=O)c1ccc(NC(=S)NC(=O)c2ccc3c(c2)OCO3)cc1. The zero-order chi connectivity index (χ0) is 17.8. The molecule has 1 amide bonds. The molecule has 2 aromatic rings. The highest BCUT2D eigenvalue weighted by Gasteiger charge is 2.16. The largest absolute Gasteiger partial charge is 0.465 e. The Morgan fingerprint density at radius 2 is 1.72 bits per heavy atom. The summed E-state index contributed by atoms with van der Waals surface area (Å²) < 4.78 is 15.1. The van der Waals surface area contributed by atoms with Crippen LogP contribution in [-0.2, 0) is 4.74 Å². The van der Waals surface area contributed by atoms with Gasteiger partial charge in [0.05, 0.1) is 12.7 Å². The van der Waals surface area contributed by atoms with Crippen LogP contribution >= 0.6 is 12.2 Å². The van der Waals surface area contributed by atoms with Crippen molar-refractivity contribution >= 4 is 34.9 Å². The van der Waals surface area contributed by atoms with Gasteiger partial charge in [-0.1, -0.05) is 0 Å². The maximum Gasteiger partial charge on any atom is 0.337 e.